The minimum Gasteiger partial charge on any atom is -0.194 e. The lowest BCUT2D eigenvalue weighted by Gasteiger charge is -2.26. The van der Waals surface area contributed by atoms with Gasteiger partial charge in [-0.3, -0.25) is 0 Å². The Bertz CT molecular complexity index is 542. The molecule has 0 atom stereocenters. The monoisotopic (exact) mass is 304 g/mol. The molecule has 0 aliphatic heterocycles. The van der Waals surface area contributed by atoms with E-state index in [2.05, 4.69) is 0 Å². The van der Waals surface area contributed by atoms with Crippen LogP contribution in [0.4, 0.5) is 26.3 Å². The molecule has 0 N–H and O–H groups in total. The summed E-state index contributed by atoms with van der Waals surface area (Å²) in [5.41, 5.74) is -2.38. The highest BCUT2D eigenvalue weighted by Crippen LogP contribution is 2.63. The summed E-state index contributed by atoms with van der Waals surface area (Å²) in [5.74, 6) is -17.7. The molecule has 0 aromatic carbocycles. The molecule has 3 aliphatic carbocycles. The summed E-state index contributed by atoms with van der Waals surface area (Å²) in [7, 11) is 0. The summed E-state index contributed by atoms with van der Waals surface area (Å²) in [6.07, 6.45) is 10.3. The van der Waals surface area contributed by atoms with Crippen LogP contribution in [0.25, 0.3) is 0 Å². The lowest BCUT2D eigenvalue weighted by atomic mass is 9.88. The van der Waals surface area contributed by atoms with Crippen LogP contribution in [-0.4, -0.2) is 17.8 Å². The average molecular weight is 304 g/mol. The molecular weight excluding hydrogens is 294 g/mol. The van der Waals surface area contributed by atoms with E-state index < -0.39 is 40.7 Å². The van der Waals surface area contributed by atoms with Gasteiger partial charge >= 0.3 is 17.8 Å². The highest BCUT2D eigenvalue weighted by Gasteiger charge is 2.80. The Morgan fingerprint density at radius 3 is 1.14 bits per heavy atom. The molecule has 3 aliphatic rings. The van der Waals surface area contributed by atoms with Crippen LogP contribution in [0, 0.1) is 11.8 Å². The first-order valence-electron chi connectivity index (χ1n) is 6.29. The van der Waals surface area contributed by atoms with Crippen molar-refractivity contribution in [3.8, 4) is 0 Å². The standard InChI is InChI=1S/C15H10F6/c16-13(17)11(9-5-1-2-6-9)12(10-7-3-4-8-10)14(18,19)15(13,20)21/h1-10H. The smallest absolute Gasteiger partial charge is 0.194 e. The number of halogens is 6. The van der Waals surface area contributed by atoms with Crippen molar-refractivity contribution >= 4 is 0 Å². The van der Waals surface area contributed by atoms with Crippen molar-refractivity contribution in [3.05, 3.63) is 59.8 Å². The van der Waals surface area contributed by atoms with Gasteiger partial charge in [-0.25, -0.2) is 0 Å². The first kappa shape index (κ1) is 14.2. The molecule has 0 spiro atoms. The fraction of sp³-hybridized carbons (Fsp3) is 0.333. The van der Waals surface area contributed by atoms with Crippen LogP contribution in [0.5, 0.6) is 0 Å². The molecule has 0 amide bonds. The Kier molecular flexibility index (Phi) is 2.81. The molecule has 6 heteroatoms. The zero-order chi connectivity index (χ0) is 15.5. The summed E-state index contributed by atoms with van der Waals surface area (Å²) in [6.45, 7) is 0. The topological polar surface area (TPSA) is 0 Å². The molecule has 112 valence electrons. The Morgan fingerprint density at radius 1 is 0.571 bits per heavy atom. The lowest BCUT2D eigenvalue weighted by molar-refractivity contribution is -0.266. The molecule has 0 aromatic rings. The second-order valence-corrected chi connectivity index (χ2v) is 5.14. The van der Waals surface area contributed by atoms with Crippen LogP contribution in [0.1, 0.15) is 0 Å². The van der Waals surface area contributed by atoms with Gasteiger partial charge in [-0.1, -0.05) is 48.6 Å². The van der Waals surface area contributed by atoms with Crippen molar-refractivity contribution in [2.24, 2.45) is 11.8 Å². The largest absolute Gasteiger partial charge is 0.380 e. The molecule has 0 saturated carbocycles. The van der Waals surface area contributed by atoms with Crippen molar-refractivity contribution in [2.75, 3.05) is 0 Å². The predicted molar refractivity (Wildman–Crippen MR) is 65.4 cm³/mol. The van der Waals surface area contributed by atoms with Crippen molar-refractivity contribution in [1.29, 1.82) is 0 Å². The molecule has 0 radical (unpaired) electrons. The third-order valence-corrected chi connectivity index (χ3v) is 3.92. The maximum absolute atomic E-state index is 14.0. The van der Waals surface area contributed by atoms with Gasteiger partial charge in [0, 0.05) is 23.0 Å². The summed E-state index contributed by atoms with van der Waals surface area (Å²) < 4.78 is 83.5. The van der Waals surface area contributed by atoms with Crippen LogP contribution in [0.2, 0.25) is 0 Å². The SMILES string of the molecule is FC1(F)C(C2C=CC=C2)=C(C2C=CC=C2)C(F)(F)C1(F)F. The van der Waals surface area contributed by atoms with Crippen LogP contribution in [-0.2, 0) is 0 Å². The van der Waals surface area contributed by atoms with Gasteiger partial charge in [0.1, 0.15) is 0 Å². The summed E-state index contributed by atoms with van der Waals surface area (Å²) in [6, 6.07) is 0. The van der Waals surface area contributed by atoms with Crippen molar-refractivity contribution in [3.63, 3.8) is 0 Å². The minimum absolute atomic E-state index is 1.19. The van der Waals surface area contributed by atoms with E-state index >= 15 is 0 Å². The fourth-order valence-electron chi connectivity index (χ4n) is 2.90. The second-order valence-electron chi connectivity index (χ2n) is 5.14. The van der Waals surface area contributed by atoms with Crippen molar-refractivity contribution < 1.29 is 26.3 Å². The molecule has 3 rings (SSSR count). The van der Waals surface area contributed by atoms with Gasteiger partial charge in [-0.15, -0.1) is 0 Å². The summed E-state index contributed by atoms with van der Waals surface area (Å²) >= 11 is 0. The molecule has 0 saturated heterocycles. The van der Waals surface area contributed by atoms with E-state index in [1.165, 1.54) is 48.6 Å². The van der Waals surface area contributed by atoms with Gasteiger partial charge in [-0.05, 0) is 0 Å². The van der Waals surface area contributed by atoms with E-state index in [-0.39, 0.29) is 0 Å². The normalized spacial score (nSPS) is 29.2. The highest BCUT2D eigenvalue weighted by atomic mass is 19.3. The van der Waals surface area contributed by atoms with E-state index in [0.29, 0.717) is 0 Å². The lowest BCUT2D eigenvalue weighted by Crippen LogP contribution is -2.50. The number of alkyl halides is 6. The van der Waals surface area contributed by atoms with Gasteiger partial charge in [0.05, 0.1) is 0 Å². The third kappa shape index (κ3) is 1.64. The Balaban J connectivity index is 2.25. The Hall–Kier alpha value is -1.72. The summed E-state index contributed by atoms with van der Waals surface area (Å²) in [4.78, 5) is 0. The van der Waals surface area contributed by atoms with E-state index in [9.17, 15) is 26.3 Å². The highest BCUT2D eigenvalue weighted by molar-refractivity contribution is 5.51. The maximum atomic E-state index is 14.0. The van der Waals surface area contributed by atoms with E-state index in [0.717, 1.165) is 0 Å². The van der Waals surface area contributed by atoms with E-state index in [1.807, 2.05) is 0 Å². The predicted octanol–water partition coefficient (Wildman–Crippen LogP) is 4.69. The quantitative estimate of drug-likeness (QED) is 0.513. The Morgan fingerprint density at radius 2 is 0.857 bits per heavy atom. The Labute approximate surface area is 116 Å². The molecule has 0 aromatic heterocycles. The van der Waals surface area contributed by atoms with Gasteiger partial charge in [0.25, 0.3) is 0 Å². The third-order valence-electron chi connectivity index (χ3n) is 3.92. The first-order valence-corrected chi connectivity index (χ1v) is 6.29. The molecule has 0 fully saturated rings. The van der Waals surface area contributed by atoms with Gasteiger partial charge in [0.2, 0.25) is 0 Å². The molecular formula is C15H10F6. The van der Waals surface area contributed by atoms with E-state index in [4.69, 9.17) is 0 Å². The summed E-state index contributed by atoms with van der Waals surface area (Å²) in [5, 5.41) is 0. The minimum atomic E-state index is -5.43. The molecule has 0 nitrogen and oxygen atoms in total. The zero-order valence-corrected chi connectivity index (χ0v) is 10.5. The van der Waals surface area contributed by atoms with Crippen LogP contribution < -0.4 is 0 Å². The average Bonchev–Trinajstić information content (AvgIpc) is 3.08. The maximum Gasteiger partial charge on any atom is 0.380 e. The first-order chi connectivity index (χ1) is 9.71. The van der Waals surface area contributed by atoms with Gasteiger partial charge in [-0.2, -0.15) is 26.3 Å². The number of rotatable bonds is 2. The van der Waals surface area contributed by atoms with Gasteiger partial charge < -0.3 is 0 Å². The van der Waals surface area contributed by atoms with Crippen molar-refractivity contribution in [2.45, 2.75) is 17.8 Å². The van der Waals surface area contributed by atoms with Crippen molar-refractivity contribution in [1.82, 2.24) is 0 Å². The van der Waals surface area contributed by atoms with Crippen LogP contribution >= 0.6 is 0 Å². The zero-order valence-electron chi connectivity index (χ0n) is 10.5. The van der Waals surface area contributed by atoms with Crippen LogP contribution in [0.15, 0.2) is 59.8 Å². The van der Waals surface area contributed by atoms with Crippen LogP contribution in [0.3, 0.4) is 0 Å². The van der Waals surface area contributed by atoms with E-state index in [1.54, 1.807) is 0 Å². The number of hydrogen-bond acceptors (Lipinski definition) is 0. The fourth-order valence-corrected chi connectivity index (χ4v) is 2.90. The molecule has 0 bridgehead atoms. The second kappa shape index (κ2) is 4.15. The molecule has 0 heterocycles. The molecule has 21 heavy (non-hydrogen) atoms. The van der Waals surface area contributed by atoms with Gasteiger partial charge in [0.15, 0.2) is 0 Å². The number of hydrogen-bond donors (Lipinski definition) is 0. The number of allylic oxidation sites excluding steroid dienone is 10. The molecule has 0 unspecified atom stereocenters.